The van der Waals surface area contributed by atoms with Crippen molar-refractivity contribution in [2.45, 2.75) is 6.92 Å². The van der Waals surface area contributed by atoms with E-state index in [-0.39, 0.29) is 0 Å². The van der Waals surface area contributed by atoms with E-state index < -0.39 is 0 Å². The van der Waals surface area contributed by atoms with Crippen molar-refractivity contribution in [3.63, 3.8) is 0 Å². The Morgan fingerprint density at radius 3 is 2.84 bits per heavy atom. The second kappa shape index (κ2) is 4.59. The van der Waals surface area contributed by atoms with Gasteiger partial charge < -0.3 is 11.1 Å². The summed E-state index contributed by atoms with van der Waals surface area (Å²) in [5.74, 6) is 0. The van der Waals surface area contributed by atoms with E-state index in [0.29, 0.717) is 5.69 Å². The molecule has 0 spiro atoms. The number of halogens is 1. The van der Waals surface area contributed by atoms with Crippen molar-refractivity contribution in [3.05, 3.63) is 46.6 Å². The SMILES string of the molecule is Cc1cc(Br)ccc1Nc1cc2[nH]ncc2cc1N. The lowest BCUT2D eigenvalue weighted by molar-refractivity contribution is 1.12. The van der Waals surface area contributed by atoms with Crippen LogP contribution in [0.1, 0.15) is 5.56 Å². The van der Waals surface area contributed by atoms with Gasteiger partial charge in [-0.25, -0.2) is 0 Å². The molecule has 4 nitrogen and oxygen atoms in total. The summed E-state index contributed by atoms with van der Waals surface area (Å²) in [6.07, 6.45) is 1.76. The van der Waals surface area contributed by atoms with Crippen LogP contribution < -0.4 is 11.1 Å². The van der Waals surface area contributed by atoms with Crippen LogP contribution in [0.25, 0.3) is 10.9 Å². The maximum Gasteiger partial charge on any atom is 0.0672 e. The minimum absolute atomic E-state index is 0.705. The fourth-order valence-electron chi connectivity index (χ4n) is 2.03. The molecule has 1 aromatic heterocycles. The maximum atomic E-state index is 6.06. The highest BCUT2D eigenvalue weighted by molar-refractivity contribution is 9.10. The van der Waals surface area contributed by atoms with Crippen molar-refractivity contribution in [2.24, 2.45) is 0 Å². The Kier molecular flexibility index (Phi) is 2.91. The maximum absolute atomic E-state index is 6.06. The second-order valence-electron chi connectivity index (χ2n) is 4.48. The molecule has 0 saturated carbocycles. The molecule has 4 N–H and O–H groups in total. The monoisotopic (exact) mass is 316 g/mol. The lowest BCUT2D eigenvalue weighted by Crippen LogP contribution is -1.97. The number of benzene rings is 2. The summed E-state index contributed by atoms with van der Waals surface area (Å²) in [4.78, 5) is 0. The van der Waals surface area contributed by atoms with E-state index in [9.17, 15) is 0 Å². The third-order valence-corrected chi connectivity index (χ3v) is 3.56. The van der Waals surface area contributed by atoms with Gasteiger partial charge in [-0.2, -0.15) is 5.10 Å². The molecule has 1 heterocycles. The summed E-state index contributed by atoms with van der Waals surface area (Å²) < 4.78 is 1.06. The minimum Gasteiger partial charge on any atom is -0.397 e. The number of fused-ring (bicyclic) bond motifs is 1. The molecule has 0 aliphatic carbocycles. The molecule has 0 saturated heterocycles. The van der Waals surface area contributed by atoms with Gasteiger partial charge in [-0.3, -0.25) is 5.10 Å². The van der Waals surface area contributed by atoms with Gasteiger partial charge in [0.05, 0.1) is 23.1 Å². The zero-order chi connectivity index (χ0) is 13.4. The van der Waals surface area contributed by atoms with Gasteiger partial charge in [0.2, 0.25) is 0 Å². The molecule has 0 radical (unpaired) electrons. The smallest absolute Gasteiger partial charge is 0.0672 e. The largest absolute Gasteiger partial charge is 0.397 e. The number of aryl methyl sites for hydroxylation is 1. The van der Waals surface area contributed by atoms with Crippen LogP contribution in [0.15, 0.2) is 41.0 Å². The highest BCUT2D eigenvalue weighted by Crippen LogP contribution is 2.29. The predicted molar refractivity (Wildman–Crippen MR) is 82.7 cm³/mol. The first-order chi connectivity index (χ1) is 9.13. The van der Waals surface area contributed by atoms with Crippen molar-refractivity contribution in [2.75, 3.05) is 11.1 Å². The molecule has 2 aromatic carbocycles. The van der Waals surface area contributed by atoms with Crippen LogP contribution in [-0.4, -0.2) is 10.2 Å². The fourth-order valence-corrected chi connectivity index (χ4v) is 2.51. The molecule has 3 rings (SSSR count). The van der Waals surface area contributed by atoms with Gasteiger partial charge in [-0.05, 0) is 42.8 Å². The number of aromatic amines is 1. The summed E-state index contributed by atoms with van der Waals surface area (Å²) in [6.45, 7) is 2.05. The molecule has 0 amide bonds. The average molecular weight is 317 g/mol. The van der Waals surface area contributed by atoms with Crippen LogP contribution >= 0.6 is 15.9 Å². The molecule has 96 valence electrons. The predicted octanol–water partition coefficient (Wildman–Crippen LogP) is 3.96. The number of hydrogen-bond acceptors (Lipinski definition) is 3. The van der Waals surface area contributed by atoms with Crippen molar-refractivity contribution in [3.8, 4) is 0 Å². The third-order valence-electron chi connectivity index (χ3n) is 3.07. The van der Waals surface area contributed by atoms with Crippen molar-refractivity contribution in [1.82, 2.24) is 10.2 Å². The number of rotatable bonds is 2. The highest BCUT2D eigenvalue weighted by atomic mass is 79.9. The molecule has 0 bridgehead atoms. The molecule has 5 heteroatoms. The average Bonchev–Trinajstić information content (AvgIpc) is 2.80. The van der Waals surface area contributed by atoms with E-state index in [1.54, 1.807) is 6.20 Å². The Bertz CT molecular complexity index is 748. The summed E-state index contributed by atoms with van der Waals surface area (Å²) in [5, 5.41) is 11.3. The molecule has 0 atom stereocenters. The van der Waals surface area contributed by atoms with E-state index >= 15 is 0 Å². The molecule has 0 aliphatic rings. The second-order valence-corrected chi connectivity index (χ2v) is 5.40. The van der Waals surface area contributed by atoms with Gasteiger partial charge >= 0.3 is 0 Å². The zero-order valence-corrected chi connectivity index (χ0v) is 12.0. The molecule has 0 unspecified atom stereocenters. The minimum atomic E-state index is 0.705. The topological polar surface area (TPSA) is 66.7 Å². The number of nitrogens with two attached hydrogens (primary N) is 1. The summed E-state index contributed by atoms with van der Waals surface area (Å²) in [6, 6.07) is 9.97. The van der Waals surface area contributed by atoms with Crippen molar-refractivity contribution in [1.29, 1.82) is 0 Å². The fraction of sp³-hybridized carbons (Fsp3) is 0.0714. The van der Waals surface area contributed by atoms with Gasteiger partial charge in [-0.15, -0.1) is 0 Å². The Labute approximate surface area is 119 Å². The third kappa shape index (κ3) is 2.29. The van der Waals surface area contributed by atoms with Gasteiger partial charge in [0.25, 0.3) is 0 Å². The van der Waals surface area contributed by atoms with Gasteiger partial charge in [0, 0.05) is 15.5 Å². The van der Waals surface area contributed by atoms with Crippen LogP contribution in [0.5, 0.6) is 0 Å². The van der Waals surface area contributed by atoms with Crippen molar-refractivity contribution >= 4 is 43.9 Å². The van der Waals surface area contributed by atoms with Crippen LogP contribution in [0.2, 0.25) is 0 Å². The van der Waals surface area contributed by atoms with Crippen LogP contribution in [-0.2, 0) is 0 Å². The van der Waals surface area contributed by atoms with Gasteiger partial charge in [0.1, 0.15) is 0 Å². The van der Waals surface area contributed by atoms with E-state index in [2.05, 4.69) is 44.4 Å². The quantitative estimate of drug-likeness (QED) is 0.627. The summed E-state index contributed by atoms with van der Waals surface area (Å²) in [7, 11) is 0. The lowest BCUT2D eigenvalue weighted by Gasteiger charge is -2.12. The number of anilines is 3. The Balaban J connectivity index is 2.02. The normalized spacial score (nSPS) is 10.8. The Morgan fingerprint density at radius 1 is 1.21 bits per heavy atom. The molecular weight excluding hydrogens is 304 g/mol. The van der Waals surface area contributed by atoms with E-state index in [1.807, 2.05) is 24.3 Å². The Hall–Kier alpha value is -2.01. The van der Waals surface area contributed by atoms with Crippen LogP contribution in [0.3, 0.4) is 0 Å². The number of nitrogens with zero attached hydrogens (tertiary/aromatic N) is 1. The molecule has 0 aliphatic heterocycles. The first kappa shape index (κ1) is 12.0. The number of aromatic nitrogens is 2. The van der Waals surface area contributed by atoms with Gasteiger partial charge in [0.15, 0.2) is 0 Å². The molecule has 19 heavy (non-hydrogen) atoms. The number of nitrogen functional groups attached to an aromatic ring is 1. The molecule has 0 fully saturated rings. The van der Waals surface area contributed by atoms with E-state index in [0.717, 1.165) is 32.3 Å². The first-order valence-corrected chi connectivity index (χ1v) is 6.68. The van der Waals surface area contributed by atoms with Crippen LogP contribution in [0.4, 0.5) is 17.1 Å². The molecular formula is C14H13BrN4. The van der Waals surface area contributed by atoms with Crippen molar-refractivity contribution < 1.29 is 0 Å². The number of nitrogens with one attached hydrogen (secondary N) is 2. The van der Waals surface area contributed by atoms with Crippen LogP contribution in [0, 0.1) is 6.92 Å². The summed E-state index contributed by atoms with van der Waals surface area (Å²) >= 11 is 3.46. The summed E-state index contributed by atoms with van der Waals surface area (Å²) in [5.41, 5.74) is 10.8. The number of H-pyrrole nitrogens is 1. The standard InChI is InChI=1S/C14H13BrN4/c1-8-4-10(15)2-3-12(8)18-14-6-13-9(5-11(14)16)7-17-19-13/h2-7,18H,16H2,1H3,(H,17,19). The van der Waals surface area contributed by atoms with E-state index in [4.69, 9.17) is 5.73 Å². The molecule has 3 aromatic rings. The van der Waals surface area contributed by atoms with Gasteiger partial charge in [-0.1, -0.05) is 15.9 Å². The number of hydrogen-bond donors (Lipinski definition) is 3. The zero-order valence-electron chi connectivity index (χ0n) is 10.4. The van der Waals surface area contributed by atoms with E-state index in [1.165, 1.54) is 0 Å². The lowest BCUT2D eigenvalue weighted by atomic mass is 10.1. The first-order valence-electron chi connectivity index (χ1n) is 5.89. The Morgan fingerprint density at radius 2 is 2.05 bits per heavy atom. The highest BCUT2D eigenvalue weighted by Gasteiger charge is 2.06.